The maximum Gasteiger partial charge on any atom is 0.224 e. The van der Waals surface area contributed by atoms with Gasteiger partial charge in [-0.05, 0) is 30.3 Å². The molecule has 1 amide bonds. The minimum absolute atomic E-state index is 0.0471. The minimum Gasteiger partial charge on any atom is -0.340 e. The molecule has 0 saturated heterocycles. The Morgan fingerprint density at radius 2 is 1.85 bits per heavy atom. The summed E-state index contributed by atoms with van der Waals surface area (Å²) in [4.78, 5) is 15.5. The molecule has 0 fully saturated rings. The summed E-state index contributed by atoms with van der Waals surface area (Å²) in [6.07, 6.45) is 2.02. The van der Waals surface area contributed by atoms with Gasteiger partial charge in [-0.1, -0.05) is 30.1 Å². The lowest BCUT2D eigenvalue weighted by Crippen LogP contribution is -2.09. The molecule has 2 N–H and O–H groups in total. The number of amides is 1. The molecule has 0 aliphatic rings. The van der Waals surface area contributed by atoms with E-state index < -0.39 is 0 Å². The van der Waals surface area contributed by atoms with Gasteiger partial charge in [0.1, 0.15) is 5.82 Å². The molecular weight excluding hydrogens is 297 g/mol. The number of hydrogen-bond acceptors (Lipinski definition) is 3. The number of aromatic nitrogens is 1. The van der Waals surface area contributed by atoms with E-state index in [0.29, 0.717) is 28.0 Å². The number of nitrogens with one attached hydrogen (secondary N) is 2. The van der Waals surface area contributed by atoms with Crippen LogP contribution in [0.15, 0.2) is 36.5 Å². The number of carbonyl (C=O) groups excluding carboxylic acids is 1. The third kappa shape index (κ3) is 4.11. The van der Waals surface area contributed by atoms with Crippen molar-refractivity contribution in [1.29, 1.82) is 0 Å². The molecule has 0 radical (unpaired) electrons. The highest BCUT2D eigenvalue weighted by Crippen LogP contribution is 2.24. The zero-order valence-corrected chi connectivity index (χ0v) is 12.3. The molecule has 0 aliphatic heterocycles. The lowest BCUT2D eigenvalue weighted by molar-refractivity contribution is -0.115. The van der Waals surface area contributed by atoms with E-state index in [1.54, 1.807) is 43.5 Å². The Labute approximate surface area is 127 Å². The number of halogens is 2. The van der Waals surface area contributed by atoms with Gasteiger partial charge in [0.2, 0.25) is 5.91 Å². The number of pyridine rings is 1. The average Bonchev–Trinajstić information content (AvgIpc) is 2.39. The van der Waals surface area contributed by atoms with Crippen molar-refractivity contribution in [2.24, 2.45) is 0 Å². The van der Waals surface area contributed by atoms with E-state index in [1.807, 2.05) is 0 Å². The lowest BCUT2D eigenvalue weighted by Gasteiger charge is -2.08. The standard InChI is InChI=1S/C14H13Cl2N3O/c1-2-14(20)19-11-3-4-13(17-8-11)18-12-6-9(15)5-10(16)7-12/h3-8H,2H2,1H3,(H,17,18)(H,19,20). The van der Waals surface area contributed by atoms with Crippen LogP contribution in [-0.4, -0.2) is 10.9 Å². The number of carbonyl (C=O) groups is 1. The molecule has 0 aliphatic carbocycles. The van der Waals surface area contributed by atoms with Crippen molar-refractivity contribution < 1.29 is 4.79 Å². The Balaban J connectivity index is 2.08. The molecule has 1 aromatic carbocycles. The number of benzene rings is 1. The molecule has 6 heteroatoms. The third-order valence-electron chi connectivity index (χ3n) is 2.50. The second-order valence-corrected chi connectivity index (χ2v) is 4.99. The largest absolute Gasteiger partial charge is 0.340 e. The Morgan fingerprint density at radius 3 is 2.40 bits per heavy atom. The minimum atomic E-state index is -0.0471. The van der Waals surface area contributed by atoms with E-state index in [4.69, 9.17) is 23.2 Å². The highest BCUT2D eigenvalue weighted by molar-refractivity contribution is 6.35. The van der Waals surface area contributed by atoms with Crippen LogP contribution in [0.3, 0.4) is 0 Å². The average molecular weight is 310 g/mol. The first kappa shape index (κ1) is 14.6. The van der Waals surface area contributed by atoms with Crippen LogP contribution in [0.5, 0.6) is 0 Å². The van der Waals surface area contributed by atoms with Gasteiger partial charge in [0, 0.05) is 22.2 Å². The first-order valence-electron chi connectivity index (χ1n) is 6.06. The Bertz CT molecular complexity index is 594. The zero-order valence-electron chi connectivity index (χ0n) is 10.8. The summed E-state index contributed by atoms with van der Waals surface area (Å²) in [6, 6.07) is 8.70. The fourth-order valence-electron chi connectivity index (χ4n) is 1.57. The zero-order chi connectivity index (χ0) is 14.5. The van der Waals surface area contributed by atoms with Gasteiger partial charge >= 0.3 is 0 Å². The van der Waals surface area contributed by atoms with Gasteiger partial charge < -0.3 is 10.6 Å². The van der Waals surface area contributed by atoms with Crippen molar-refractivity contribution in [1.82, 2.24) is 4.98 Å². The highest BCUT2D eigenvalue weighted by Gasteiger charge is 2.02. The van der Waals surface area contributed by atoms with Gasteiger partial charge in [-0.25, -0.2) is 4.98 Å². The first-order valence-corrected chi connectivity index (χ1v) is 6.81. The van der Waals surface area contributed by atoms with Crippen molar-refractivity contribution in [3.63, 3.8) is 0 Å². The summed E-state index contributed by atoms with van der Waals surface area (Å²) in [6.45, 7) is 1.79. The fourth-order valence-corrected chi connectivity index (χ4v) is 2.09. The van der Waals surface area contributed by atoms with Gasteiger partial charge in [0.25, 0.3) is 0 Å². The molecule has 2 aromatic rings. The van der Waals surface area contributed by atoms with Crippen LogP contribution in [0.25, 0.3) is 0 Å². The molecule has 0 bridgehead atoms. The molecule has 20 heavy (non-hydrogen) atoms. The summed E-state index contributed by atoms with van der Waals surface area (Å²) in [5.74, 6) is 0.590. The summed E-state index contributed by atoms with van der Waals surface area (Å²) in [5.41, 5.74) is 1.41. The Morgan fingerprint density at radius 1 is 1.15 bits per heavy atom. The van der Waals surface area contributed by atoms with Crippen molar-refractivity contribution in [3.8, 4) is 0 Å². The molecule has 1 aromatic heterocycles. The molecular formula is C14H13Cl2N3O. The number of hydrogen-bond donors (Lipinski definition) is 2. The van der Waals surface area contributed by atoms with Crippen molar-refractivity contribution in [2.75, 3.05) is 10.6 Å². The van der Waals surface area contributed by atoms with E-state index >= 15 is 0 Å². The molecule has 0 spiro atoms. The molecule has 2 rings (SSSR count). The fraction of sp³-hybridized carbons (Fsp3) is 0.143. The van der Waals surface area contributed by atoms with Crippen molar-refractivity contribution >= 4 is 46.3 Å². The van der Waals surface area contributed by atoms with E-state index in [2.05, 4.69) is 15.6 Å². The predicted octanol–water partition coefficient (Wildman–Crippen LogP) is 4.48. The lowest BCUT2D eigenvalue weighted by atomic mass is 10.3. The molecule has 0 unspecified atom stereocenters. The number of rotatable bonds is 4. The summed E-state index contributed by atoms with van der Waals surface area (Å²) in [5, 5.41) is 6.91. The van der Waals surface area contributed by atoms with Crippen LogP contribution in [0.4, 0.5) is 17.2 Å². The van der Waals surface area contributed by atoms with E-state index in [9.17, 15) is 4.79 Å². The maximum atomic E-state index is 11.2. The predicted molar refractivity (Wildman–Crippen MR) is 82.9 cm³/mol. The van der Waals surface area contributed by atoms with Crippen LogP contribution in [0.1, 0.15) is 13.3 Å². The second kappa shape index (κ2) is 6.59. The molecule has 0 saturated carbocycles. The van der Waals surface area contributed by atoms with Gasteiger partial charge in [-0.2, -0.15) is 0 Å². The third-order valence-corrected chi connectivity index (χ3v) is 2.94. The Kier molecular flexibility index (Phi) is 4.82. The molecule has 0 atom stereocenters. The van der Waals surface area contributed by atoms with Crippen LogP contribution in [-0.2, 0) is 4.79 Å². The second-order valence-electron chi connectivity index (χ2n) is 4.12. The van der Waals surface area contributed by atoms with E-state index in [0.717, 1.165) is 5.69 Å². The summed E-state index contributed by atoms with van der Waals surface area (Å²) < 4.78 is 0. The van der Waals surface area contributed by atoms with E-state index in [1.165, 1.54) is 0 Å². The van der Waals surface area contributed by atoms with Crippen molar-refractivity contribution in [2.45, 2.75) is 13.3 Å². The van der Waals surface area contributed by atoms with Crippen LogP contribution in [0, 0.1) is 0 Å². The van der Waals surface area contributed by atoms with Crippen LogP contribution < -0.4 is 10.6 Å². The maximum absolute atomic E-state index is 11.2. The van der Waals surface area contributed by atoms with Crippen LogP contribution in [0.2, 0.25) is 10.0 Å². The number of nitrogens with zero attached hydrogens (tertiary/aromatic N) is 1. The molecule has 4 nitrogen and oxygen atoms in total. The van der Waals surface area contributed by atoms with Crippen LogP contribution >= 0.6 is 23.2 Å². The number of anilines is 3. The van der Waals surface area contributed by atoms with Gasteiger partial charge in [0.05, 0.1) is 11.9 Å². The molecule has 1 heterocycles. The quantitative estimate of drug-likeness (QED) is 0.875. The van der Waals surface area contributed by atoms with Gasteiger partial charge in [-0.3, -0.25) is 4.79 Å². The van der Waals surface area contributed by atoms with E-state index in [-0.39, 0.29) is 5.91 Å². The summed E-state index contributed by atoms with van der Waals surface area (Å²) in [7, 11) is 0. The van der Waals surface area contributed by atoms with Gasteiger partial charge in [0.15, 0.2) is 0 Å². The topological polar surface area (TPSA) is 54.0 Å². The van der Waals surface area contributed by atoms with Gasteiger partial charge in [-0.15, -0.1) is 0 Å². The monoisotopic (exact) mass is 309 g/mol. The normalized spacial score (nSPS) is 10.2. The smallest absolute Gasteiger partial charge is 0.224 e. The molecule has 104 valence electrons. The first-order chi connectivity index (χ1) is 9.56. The Hall–Kier alpha value is -1.78. The SMILES string of the molecule is CCC(=O)Nc1ccc(Nc2cc(Cl)cc(Cl)c2)nc1. The van der Waals surface area contributed by atoms with Crippen molar-refractivity contribution in [3.05, 3.63) is 46.6 Å². The summed E-state index contributed by atoms with van der Waals surface area (Å²) >= 11 is 11.8. The highest BCUT2D eigenvalue weighted by atomic mass is 35.5.